The second kappa shape index (κ2) is 8.72. The number of likely N-dealkylation sites (tertiary alicyclic amines) is 1. The zero-order chi connectivity index (χ0) is 17.9. The molecule has 1 amide bonds. The minimum Gasteiger partial charge on any atom is -0.341 e. The second-order valence-corrected chi connectivity index (χ2v) is 8.01. The summed E-state index contributed by atoms with van der Waals surface area (Å²) in [6, 6.07) is 18.5. The van der Waals surface area contributed by atoms with E-state index in [1.165, 1.54) is 16.9 Å². The first kappa shape index (κ1) is 19.6. The van der Waals surface area contributed by atoms with Gasteiger partial charge in [-0.15, -0.1) is 12.4 Å². The number of para-hydroxylation sites is 1. The molecule has 1 aliphatic rings. The van der Waals surface area contributed by atoms with Gasteiger partial charge in [0, 0.05) is 13.1 Å². The molecule has 0 aliphatic carbocycles. The molecule has 1 N–H and O–H groups in total. The molecule has 4 nitrogen and oxygen atoms in total. The highest BCUT2D eigenvalue weighted by molar-refractivity contribution is 7.16. The highest BCUT2D eigenvalue weighted by Gasteiger charge is 2.23. The lowest BCUT2D eigenvalue weighted by Crippen LogP contribution is -2.41. The Labute approximate surface area is 169 Å². The van der Waals surface area contributed by atoms with E-state index in [9.17, 15) is 4.79 Å². The summed E-state index contributed by atoms with van der Waals surface area (Å²) >= 11 is 1.43. The molecule has 6 heteroatoms. The average molecular weight is 402 g/mol. The number of amides is 1. The van der Waals surface area contributed by atoms with Crippen molar-refractivity contribution in [3.63, 3.8) is 0 Å². The molecule has 0 unspecified atom stereocenters. The molecular weight excluding hydrogens is 378 g/mol. The Kier molecular flexibility index (Phi) is 6.34. The van der Waals surface area contributed by atoms with Crippen molar-refractivity contribution in [2.45, 2.75) is 25.8 Å². The fourth-order valence-electron chi connectivity index (χ4n) is 3.76. The number of benzene rings is 2. The van der Waals surface area contributed by atoms with Crippen LogP contribution in [0.15, 0.2) is 54.6 Å². The number of hydrogen-bond acceptors (Lipinski definition) is 3. The van der Waals surface area contributed by atoms with Gasteiger partial charge in [0.1, 0.15) is 6.54 Å². The maximum absolute atomic E-state index is 12.8. The van der Waals surface area contributed by atoms with E-state index < -0.39 is 0 Å². The molecule has 1 aromatic heterocycles. The van der Waals surface area contributed by atoms with Crippen molar-refractivity contribution in [3.8, 4) is 0 Å². The van der Waals surface area contributed by atoms with Crippen LogP contribution in [-0.2, 0) is 17.8 Å². The number of nitrogens with zero attached hydrogens (tertiary/aromatic N) is 2. The van der Waals surface area contributed by atoms with Gasteiger partial charge in [0.25, 0.3) is 0 Å². The zero-order valence-corrected chi connectivity index (χ0v) is 16.8. The lowest BCUT2D eigenvalue weighted by molar-refractivity contribution is -0.133. The SMILES string of the molecule is Cl.N=c1sc2ccccc2n1CC(=O)N1CCC(Cc2ccccc2)CC1. The fraction of sp³-hybridized carbons (Fsp3) is 0.333. The monoisotopic (exact) mass is 401 g/mol. The molecule has 0 radical (unpaired) electrons. The van der Waals surface area contributed by atoms with E-state index in [0.717, 1.165) is 42.6 Å². The van der Waals surface area contributed by atoms with Gasteiger partial charge in [0.2, 0.25) is 5.91 Å². The summed E-state index contributed by atoms with van der Waals surface area (Å²) in [5.41, 5.74) is 2.37. The average Bonchev–Trinajstić information content (AvgIpc) is 2.98. The van der Waals surface area contributed by atoms with Crippen LogP contribution in [-0.4, -0.2) is 28.5 Å². The Morgan fingerprint density at radius 1 is 1.04 bits per heavy atom. The number of nitrogens with one attached hydrogen (secondary N) is 1. The molecule has 4 rings (SSSR count). The summed E-state index contributed by atoms with van der Waals surface area (Å²) < 4.78 is 2.89. The third-order valence-corrected chi connectivity index (χ3v) is 6.21. The molecule has 0 atom stereocenters. The summed E-state index contributed by atoms with van der Waals surface area (Å²) in [7, 11) is 0. The molecule has 1 aliphatic heterocycles. The van der Waals surface area contributed by atoms with Gasteiger partial charge in [-0.25, -0.2) is 0 Å². The highest BCUT2D eigenvalue weighted by atomic mass is 35.5. The molecule has 2 heterocycles. The lowest BCUT2D eigenvalue weighted by atomic mass is 9.90. The van der Waals surface area contributed by atoms with Crippen LogP contribution >= 0.6 is 23.7 Å². The van der Waals surface area contributed by atoms with Gasteiger partial charge >= 0.3 is 0 Å². The number of piperidine rings is 1. The van der Waals surface area contributed by atoms with Gasteiger partial charge in [-0.05, 0) is 42.9 Å². The molecule has 1 saturated heterocycles. The molecule has 27 heavy (non-hydrogen) atoms. The van der Waals surface area contributed by atoms with Gasteiger partial charge in [-0.3, -0.25) is 10.2 Å². The van der Waals surface area contributed by atoms with Crippen molar-refractivity contribution < 1.29 is 4.79 Å². The largest absolute Gasteiger partial charge is 0.341 e. The van der Waals surface area contributed by atoms with Crippen LogP contribution in [0.25, 0.3) is 10.2 Å². The number of fused-ring (bicyclic) bond motifs is 1. The number of aromatic nitrogens is 1. The molecular formula is C21H24ClN3OS. The van der Waals surface area contributed by atoms with Gasteiger partial charge in [-0.1, -0.05) is 53.8 Å². The van der Waals surface area contributed by atoms with Crippen LogP contribution in [0, 0.1) is 11.3 Å². The quantitative estimate of drug-likeness (QED) is 0.703. The topological polar surface area (TPSA) is 49.1 Å². The number of thiazole rings is 1. The third-order valence-electron chi connectivity index (χ3n) is 5.24. The number of rotatable bonds is 4. The van der Waals surface area contributed by atoms with Gasteiger partial charge in [0.05, 0.1) is 10.2 Å². The van der Waals surface area contributed by atoms with Crippen molar-refractivity contribution in [1.82, 2.24) is 9.47 Å². The summed E-state index contributed by atoms with van der Waals surface area (Å²) in [5.74, 6) is 0.785. The van der Waals surface area contributed by atoms with E-state index in [2.05, 4.69) is 30.3 Å². The van der Waals surface area contributed by atoms with Gasteiger partial charge in [0.15, 0.2) is 4.80 Å². The van der Waals surface area contributed by atoms with E-state index in [1.807, 2.05) is 33.7 Å². The molecule has 2 aromatic carbocycles. The lowest BCUT2D eigenvalue weighted by Gasteiger charge is -2.32. The zero-order valence-electron chi connectivity index (χ0n) is 15.1. The standard InChI is InChI=1S/C21H23N3OS.ClH/c22-21-24(18-8-4-5-9-19(18)26-21)15-20(25)23-12-10-17(11-13-23)14-16-6-2-1-3-7-16;/h1-9,17,22H,10-15H2;1H. The Bertz CT molecular complexity index is 958. The Balaban J connectivity index is 0.00000210. The van der Waals surface area contributed by atoms with Crippen molar-refractivity contribution in [2.75, 3.05) is 13.1 Å². The predicted molar refractivity (Wildman–Crippen MR) is 112 cm³/mol. The second-order valence-electron chi connectivity index (χ2n) is 6.97. The summed E-state index contributed by atoms with van der Waals surface area (Å²) in [4.78, 5) is 15.2. The normalized spacial score (nSPS) is 14.9. The third kappa shape index (κ3) is 4.42. The minimum absolute atomic E-state index is 0. The van der Waals surface area contributed by atoms with E-state index in [1.54, 1.807) is 0 Å². The van der Waals surface area contributed by atoms with Crippen LogP contribution < -0.4 is 4.80 Å². The Morgan fingerprint density at radius 3 is 2.44 bits per heavy atom. The fourth-order valence-corrected chi connectivity index (χ4v) is 4.67. The predicted octanol–water partition coefficient (Wildman–Crippen LogP) is 4.09. The number of halogens is 1. The first-order valence-electron chi connectivity index (χ1n) is 9.15. The van der Waals surface area contributed by atoms with Gasteiger partial charge < -0.3 is 9.47 Å². The molecule has 3 aromatic rings. The highest BCUT2D eigenvalue weighted by Crippen LogP contribution is 2.22. The van der Waals surface area contributed by atoms with E-state index >= 15 is 0 Å². The molecule has 0 saturated carbocycles. The van der Waals surface area contributed by atoms with Crippen LogP contribution in [0.5, 0.6) is 0 Å². The number of carbonyl (C=O) groups excluding carboxylic acids is 1. The van der Waals surface area contributed by atoms with Crippen LogP contribution in [0.4, 0.5) is 0 Å². The van der Waals surface area contributed by atoms with Crippen molar-refractivity contribution >= 4 is 39.9 Å². The summed E-state index contributed by atoms with van der Waals surface area (Å²) in [5, 5.41) is 8.17. The molecule has 0 spiro atoms. The number of carbonyl (C=O) groups is 1. The maximum Gasteiger partial charge on any atom is 0.242 e. The summed E-state index contributed by atoms with van der Waals surface area (Å²) in [6.07, 6.45) is 3.22. The smallest absolute Gasteiger partial charge is 0.242 e. The van der Waals surface area contributed by atoms with Gasteiger partial charge in [-0.2, -0.15) is 0 Å². The Morgan fingerprint density at radius 2 is 1.70 bits per heavy atom. The number of hydrogen-bond donors (Lipinski definition) is 1. The minimum atomic E-state index is 0. The first-order chi connectivity index (χ1) is 12.7. The van der Waals surface area contributed by atoms with Crippen molar-refractivity contribution in [2.24, 2.45) is 5.92 Å². The van der Waals surface area contributed by atoms with Crippen LogP contribution in [0.3, 0.4) is 0 Å². The molecule has 142 valence electrons. The Hall–Kier alpha value is -2.11. The first-order valence-corrected chi connectivity index (χ1v) is 9.97. The van der Waals surface area contributed by atoms with E-state index in [0.29, 0.717) is 10.7 Å². The van der Waals surface area contributed by atoms with Crippen molar-refractivity contribution in [3.05, 3.63) is 65.0 Å². The van der Waals surface area contributed by atoms with Crippen LogP contribution in [0.2, 0.25) is 0 Å². The van der Waals surface area contributed by atoms with E-state index in [4.69, 9.17) is 5.41 Å². The van der Waals surface area contributed by atoms with Crippen molar-refractivity contribution in [1.29, 1.82) is 5.41 Å². The maximum atomic E-state index is 12.8. The molecule has 1 fully saturated rings. The van der Waals surface area contributed by atoms with E-state index in [-0.39, 0.29) is 24.9 Å². The summed E-state index contributed by atoms with van der Waals surface area (Å²) in [6.45, 7) is 1.92. The molecule has 0 bridgehead atoms. The van der Waals surface area contributed by atoms with Crippen LogP contribution in [0.1, 0.15) is 18.4 Å².